The van der Waals surface area contributed by atoms with E-state index in [0.29, 0.717) is 26.7 Å². The zero-order valence-electron chi connectivity index (χ0n) is 17.9. The molecule has 4 rings (SSSR count). The average Bonchev–Trinajstić information content (AvgIpc) is 3.14. The number of cyclic esters (lactones) is 1. The molecular formula is C25H16Cl3NO5. The lowest BCUT2D eigenvalue weighted by Crippen LogP contribution is -2.10. The first-order valence-corrected chi connectivity index (χ1v) is 11.0. The third-order valence-corrected chi connectivity index (χ3v) is 5.61. The second-order valence-electron chi connectivity index (χ2n) is 7.25. The number of hydrogen-bond donors (Lipinski definition) is 0. The fourth-order valence-electron chi connectivity index (χ4n) is 3.19. The molecule has 0 spiro atoms. The molecule has 0 N–H and O–H groups in total. The predicted octanol–water partition coefficient (Wildman–Crippen LogP) is 6.53. The Morgan fingerprint density at radius 1 is 1.03 bits per heavy atom. The Labute approximate surface area is 210 Å². The van der Waals surface area contributed by atoms with Crippen LogP contribution in [0.1, 0.15) is 27.0 Å². The third-order valence-electron chi connectivity index (χ3n) is 4.79. The van der Waals surface area contributed by atoms with Crippen molar-refractivity contribution in [1.82, 2.24) is 0 Å². The molecule has 6 nitrogen and oxygen atoms in total. The smallest absolute Gasteiger partial charge is 0.363 e. The molecule has 1 heterocycles. The maximum absolute atomic E-state index is 12.6. The molecule has 0 saturated heterocycles. The van der Waals surface area contributed by atoms with E-state index in [-0.39, 0.29) is 28.1 Å². The van der Waals surface area contributed by atoms with Gasteiger partial charge in [0.2, 0.25) is 5.90 Å². The Bertz CT molecular complexity index is 1380. The minimum Gasteiger partial charge on any atom is -0.493 e. The predicted molar refractivity (Wildman–Crippen MR) is 131 cm³/mol. The minimum atomic E-state index is -0.661. The van der Waals surface area contributed by atoms with E-state index >= 15 is 0 Å². The van der Waals surface area contributed by atoms with Gasteiger partial charge in [-0.1, -0.05) is 52.5 Å². The molecule has 0 atom stereocenters. The van der Waals surface area contributed by atoms with Crippen molar-refractivity contribution in [3.63, 3.8) is 0 Å². The monoisotopic (exact) mass is 515 g/mol. The summed E-state index contributed by atoms with van der Waals surface area (Å²) in [6.45, 7) is 1.87. The molecule has 0 radical (unpaired) electrons. The van der Waals surface area contributed by atoms with Crippen LogP contribution in [0, 0.1) is 6.92 Å². The number of benzene rings is 3. The lowest BCUT2D eigenvalue weighted by Gasteiger charge is -2.12. The van der Waals surface area contributed by atoms with Crippen LogP contribution in [0.5, 0.6) is 11.5 Å². The molecule has 1 aliphatic rings. The summed E-state index contributed by atoms with van der Waals surface area (Å²) < 4.78 is 16.1. The van der Waals surface area contributed by atoms with Gasteiger partial charge in [-0.25, -0.2) is 14.6 Å². The fraction of sp³-hybridized carbons (Fsp3) is 0.0800. The Balaban J connectivity index is 1.64. The Morgan fingerprint density at radius 3 is 2.53 bits per heavy atom. The SMILES string of the molecule is COc1cc(/C=C2\N=C(c3ccc(Cl)cc3Cl)OC2=O)cc(Cl)c1OC(=O)c1cccc(C)c1. The number of carbonyl (C=O) groups excluding carboxylic acids is 2. The van der Waals surface area contributed by atoms with Gasteiger partial charge in [0.05, 0.1) is 28.3 Å². The van der Waals surface area contributed by atoms with Gasteiger partial charge in [-0.05, 0) is 61.0 Å². The molecule has 0 unspecified atom stereocenters. The van der Waals surface area contributed by atoms with Crippen molar-refractivity contribution in [3.8, 4) is 11.5 Å². The van der Waals surface area contributed by atoms with Crippen LogP contribution in [0.4, 0.5) is 0 Å². The number of aryl methyl sites for hydroxylation is 1. The zero-order valence-corrected chi connectivity index (χ0v) is 20.2. The molecule has 0 amide bonds. The van der Waals surface area contributed by atoms with Crippen molar-refractivity contribution in [2.45, 2.75) is 6.92 Å². The number of methoxy groups -OCH3 is 1. The number of rotatable bonds is 5. The van der Waals surface area contributed by atoms with Crippen LogP contribution in [0.2, 0.25) is 15.1 Å². The van der Waals surface area contributed by atoms with Gasteiger partial charge in [0.15, 0.2) is 17.2 Å². The van der Waals surface area contributed by atoms with Crippen molar-refractivity contribution < 1.29 is 23.8 Å². The molecule has 9 heteroatoms. The van der Waals surface area contributed by atoms with Crippen molar-refractivity contribution in [3.05, 3.63) is 97.6 Å². The van der Waals surface area contributed by atoms with Crippen molar-refractivity contribution >= 4 is 58.7 Å². The van der Waals surface area contributed by atoms with Crippen molar-refractivity contribution in [2.24, 2.45) is 4.99 Å². The van der Waals surface area contributed by atoms with Gasteiger partial charge in [-0.2, -0.15) is 0 Å². The summed E-state index contributed by atoms with van der Waals surface area (Å²) >= 11 is 18.5. The molecule has 34 heavy (non-hydrogen) atoms. The van der Waals surface area contributed by atoms with E-state index in [9.17, 15) is 9.59 Å². The van der Waals surface area contributed by atoms with E-state index in [0.717, 1.165) is 5.56 Å². The van der Waals surface area contributed by atoms with E-state index in [2.05, 4.69) is 4.99 Å². The van der Waals surface area contributed by atoms with Gasteiger partial charge < -0.3 is 14.2 Å². The first-order chi connectivity index (χ1) is 16.2. The summed E-state index contributed by atoms with van der Waals surface area (Å²) in [5, 5.41) is 0.854. The highest BCUT2D eigenvalue weighted by Crippen LogP contribution is 2.38. The van der Waals surface area contributed by atoms with Crippen LogP contribution in [0.15, 0.2) is 65.3 Å². The van der Waals surface area contributed by atoms with Crippen LogP contribution in [-0.4, -0.2) is 24.9 Å². The Kier molecular flexibility index (Phi) is 6.93. The number of halogens is 3. The minimum absolute atomic E-state index is 0.0311. The zero-order chi connectivity index (χ0) is 24.4. The van der Waals surface area contributed by atoms with Gasteiger partial charge in [0.1, 0.15) is 0 Å². The number of esters is 2. The lowest BCUT2D eigenvalue weighted by molar-refractivity contribution is -0.129. The van der Waals surface area contributed by atoms with Gasteiger partial charge >= 0.3 is 11.9 Å². The quantitative estimate of drug-likeness (QED) is 0.219. The highest BCUT2D eigenvalue weighted by atomic mass is 35.5. The van der Waals surface area contributed by atoms with Crippen LogP contribution < -0.4 is 9.47 Å². The molecule has 0 fully saturated rings. The van der Waals surface area contributed by atoms with Gasteiger partial charge in [-0.3, -0.25) is 0 Å². The molecule has 0 aliphatic carbocycles. The van der Waals surface area contributed by atoms with Crippen LogP contribution in [0.25, 0.3) is 6.08 Å². The van der Waals surface area contributed by atoms with Crippen molar-refractivity contribution in [2.75, 3.05) is 7.11 Å². The molecule has 0 aromatic heterocycles. The van der Waals surface area contributed by atoms with Gasteiger partial charge in [0, 0.05) is 5.02 Å². The van der Waals surface area contributed by atoms with E-state index in [1.165, 1.54) is 25.3 Å². The fourth-order valence-corrected chi connectivity index (χ4v) is 3.94. The molecule has 3 aromatic carbocycles. The van der Waals surface area contributed by atoms with Crippen molar-refractivity contribution in [1.29, 1.82) is 0 Å². The summed E-state index contributed by atoms with van der Waals surface area (Å²) in [4.78, 5) is 29.2. The lowest BCUT2D eigenvalue weighted by atomic mass is 10.1. The average molecular weight is 517 g/mol. The van der Waals surface area contributed by atoms with E-state index in [1.54, 1.807) is 36.4 Å². The number of hydrogen-bond acceptors (Lipinski definition) is 6. The highest BCUT2D eigenvalue weighted by Gasteiger charge is 2.26. The summed E-state index contributed by atoms with van der Waals surface area (Å²) in [6.07, 6.45) is 1.47. The van der Waals surface area contributed by atoms with Gasteiger partial charge in [-0.15, -0.1) is 0 Å². The number of carbonyl (C=O) groups is 2. The maximum Gasteiger partial charge on any atom is 0.363 e. The van der Waals surface area contributed by atoms with Crippen LogP contribution >= 0.6 is 34.8 Å². The van der Waals surface area contributed by atoms with Crippen LogP contribution in [-0.2, 0) is 9.53 Å². The molecular weight excluding hydrogens is 501 g/mol. The first-order valence-electron chi connectivity index (χ1n) is 9.89. The molecule has 1 aliphatic heterocycles. The first kappa shape index (κ1) is 23.8. The van der Waals surface area contributed by atoms with E-state index in [4.69, 9.17) is 49.0 Å². The molecule has 0 bridgehead atoms. The second kappa shape index (κ2) is 9.89. The summed E-state index contributed by atoms with van der Waals surface area (Å²) in [5.74, 6) is -0.921. The largest absolute Gasteiger partial charge is 0.493 e. The van der Waals surface area contributed by atoms with E-state index < -0.39 is 11.9 Å². The molecule has 0 saturated carbocycles. The molecule has 172 valence electrons. The summed E-state index contributed by atoms with van der Waals surface area (Å²) in [5.41, 5.74) is 2.23. The molecule has 3 aromatic rings. The van der Waals surface area contributed by atoms with E-state index in [1.807, 2.05) is 13.0 Å². The third kappa shape index (κ3) is 5.09. The summed E-state index contributed by atoms with van der Waals surface area (Å²) in [6, 6.07) is 14.8. The number of aliphatic imine (C=N–C) groups is 1. The number of ether oxygens (including phenoxy) is 3. The highest BCUT2D eigenvalue weighted by molar-refractivity contribution is 6.37. The second-order valence-corrected chi connectivity index (χ2v) is 8.50. The summed E-state index contributed by atoms with van der Waals surface area (Å²) in [7, 11) is 1.41. The number of nitrogens with zero attached hydrogens (tertiary/aromatic N) is 1. The Morgan fingerprint density at radius 2 is 1.82 bits per heavy atom. The maximum atomic E-state index is 12.6. The van der Waals surface area contributed by atoms with Crippen LogP contribution in [0.3, 0.4) is 0 Å². The topological polar surface area (TPSA) is 74.2 Å². The Hall–Kier alpha value is -3.32. The van der Waals surface area contributed by atoms with Gasteiger partial charge in [0.25, 0.3) is 0 Å². The standard InChI is InChI=1S/C25H16Cl3NO5/c1-13-4-3-5-15(8-13)24(30)33-22-19(28)9-14(11-21(22)32-2)10-20-25(31)34-23(29-20)17-7-6-16(26)12-18(17)27/h3-12H,1-2H3/b20-10-. The normalized spacial score (nSPS) is 14.1.